The van der Waals surface area contributed by atoms with Crippen LogP contribution in [0.25, 0.3) is 0 Å². The van der Waals surface area contributed by atoms with Crippen LogP contribution < -0.4 is 10.6 Å². The number of aromatic amines is 1. The molecule has 0 saturated carbocycles. The van der Waals surface area contributed by atoms with Gasteiger partial charge in [-0.25, -0.2) is 0 Å². The Balaban J connectivity index is 2.42. The van der Waals surface area contributed by atoms with Crippen LogP contribution in [0.3, 0.4) is 0 Å². The predicted molar refractivity (Wildman–Crippen MR) is 58.6 cm³/mol. The molecule has 0 aromatic carbocycles. The summed E-state index contributed by atoms with van der Waals surface area (Å²) in [5.74, 6) is 0. The van der Waals surface area contributed by atoms with Gasteiger partial charge in [0.25, 0.3) is 0 Å². The summed E-state index contributed by atoms with van der Waals surface area (Å²) >= 11 is 5.07. The van der Waals surface area contributed by atoms with Gasteiger partial charge in [-0.2, -0.15) is 0 Å². The maximum absolute atomic E-state index is 5.07. The minimum absolute atomic E-state index is 0.224. The van der Waals surface area contributed by atoms with E-state index in [0.717, 1.165) is 12.2 Å². The Bertz CT molecular complexity index is 256. The fraction of sp³-hybridized carbons (Fsp3) is 0.444. The van der Waals surface area contributed by atoms with Gasteiger partial charge in [-0.05, 0) is 38.2 Å². The Morgan fingerprint density at radius 2 is 2.46 bits per heavy atom. The average Bonchev–Trinajstić information content (AvgIpc) is 2.55. The number of hydrogen-bond donors (Lipinski definition) is 3. The standard InChI is InChI=1S/C9H15N3S/c1-3-10-9(13)12-7(2)8-5-4-6-11-8/h4-7,11H,3H2,1-2H3,(H2,10,12,13). The molecular formula is C9H15N3S. The van der Waals surface area contributed by atoms with Crippen LogP contribution in [-0.4, -0.2) is 16.6 Å². The molecule has 0 aliphatic rings. The first-order chi connectivity index (χ1) is 6.24. The molecule has 1 unspecified atom stereocenters. The summed E-state index contributed by atoms with van der Waals surface area (Å²) < 4.78 is 0. The summed E-state index contributed by atoms with van der Waals surface area (Å²) in [7, 11) is 0. The second-order valence-corrected chi connectivity index (χ2v) is 3.26. The van der Waals surface area contributed by atoms with Crippen LogP contribution in [0.1, 0.15) is 25.6 Å². The Labute approximate surface area is 83.9 Å². The van der Waals surface area contributed by atoms with Crippen molar-refractivity contribution < 1.29 is 0 Å². The van der Waals surface area contributed by atoms with Gasteiger partial charge in [-0.15, -0.1) is 0 Å². The van der Waals surface area contributed by atoms with Gasteiger partial charge in [-0.3, -0.25) is 0 Å². The molecule has 3 nitrogen and oxygen atoms in total. The highest BCUT2D eigenvalue weighted by Crippen LogP contribution is 2.07. The molecule has 1 atom stereocenters. The van der Waals surface area contributed by atoms with E-state index >= 15 is 0 Å². The van der Waals surface area contributed by atoms with Crippen LogP contribution in [-0.2, 0) is 0 Å². The molecule has 1 heterocycles. The summed E-state index contributed by atoms with van der Waals surface area (Å²) in [4.78, 5) is 3.13. The maximum atomic E-state index is 5.07. The van der Waals surface area contributed by atoms with Gasteiger partial charge in [0, 0.05) is 18.4 Å². The zero-order valence-corrected chi connectivity index (χ0v) is 8.74. The van der Waals surface area contributed by atoms with Crippen LogP contribution >= 0.6 is 12.2 Å². The Morgan fingerprint density at radius 3 is 3.00 bits per heavy atom. The molecule has 72 valence electrons. The Kier molecular flexibility index (Phi) is 3.76. The van der Waals surface area contributed by atoms with Gasteiger partial charge in [0.1, 0.15) is 0 Å². The van der Waals surface area contributed by atoms with Crippen molar-refractivity contribution in [3.63, 3.8) is 0 Å². The highest BCUT2D eigenvalue weighted by molar-refractivity contribution is 7.80. The summed E-state index contributed by atoms with van der Waals surface area (Å²) in [6, 6.07) is 4.23. The lowest BCUT2D eigenvalue weighted by molar-refractivity contribution is 0.684. The van der Waals surface area contributed by atoms with Crippen molar-refractivity contribution in [2.45, 2.75) is 19.9 Å². The lowest BCUT2D eigenvalue weighted by atomic mass is 10.2. The molecule has 0 aliphatic heterocycles. The van der Waals surface area contributed by atoms with Crippen molar-refractivity contribution in [1.29, 1.82) is 0 Å². The summed E-state index contributed by atoms with van der Waals surface area (Å²) in [5, 5.41) is 6.92. The van der Waals surface area contributed by atoms with E-state index in [0.29, 0.717) is 5.11 Å². The van der Waals surface area contributed by atoms with E-state index in [9.17, 15) is 0 Å². The third-order valence-corrected chi connectivity index (χ3v) is 2.04. The van der Waals surface area contributed by atoms with Crippen molar-refractivity contribution in [3.8, 4) is 0 Å². The minimum atomic E-state index is 0.224. The fourth-order valence-corrected chi connectivity index (χ4v) is 1.42. The van der Waals surface area contributed by atoms with Crippen LogP contribution in [0.4, 0.5) is 0 Å². The highest BCUT2D eigenvalue weighted by atomic mass is 32.1. The molecule has 4 heteroatoms. The highest BCUT2D eigenvalue weighted by Gasteiger charge is 2.05. The van der Waals surface area contributed by atoms with Crippen molar-refractivity contribution in [2.75, 3.05) is 6.54 Å². The van der Waals surface area contributed by atoms with E-state index in [1.165, 1.54) is 0 Å². The van der Waals surface area contributed by atoms with E-state index in [4.69, 9.17) is 12.2 Å². The summed E-state index contributed by atoms with van der Waals surface area (Å²) in [6.45, 7) is 4.94. The van der Waals surface area contributed by atoms with E-state index in [-0.39, 0.29) is 6.04 Å². The molecule has 0 bridgehead atoms. The summed E-state index contributed by atoms with van der Waals surface area (Å²) in [6.07, 6.45) is 1.91. The second-order valence-electron chi connectivity index (χ2n) is 2.85. The third-order valence-electron chi connectivity index (χ3n) is 1.77. The van der Waals surface area contributed by atoms with Gasteiger partial charge in [0.2, 0.25) is 0 Å². The minimum Gasteiger partial charge on any atom is -0.363 e. The van der Waals surface area contributed by atoms with Crippen LogP contribution in [0.2, 0.25) is 0 Å². The molecule has 1 rings (SSSR count). The molecule has 0 aliphatic carbocycles. The smallest absolute Gasteiger partial charge is 0.166 e. The SMILES string of the molecule is CCNC(=S)NC(C)c1ccc[nH]1. The Morgan fingerprint density at radius 1 is 1.69 bits per heavy atom. The number of thiocarbonyl (C=S) groups is 1. The molecule has 0 amide bonds. The zero-order chi connectivity index (χ0) is 9.68. The quantitative estimate of drug-likeness (QED) is 0.644. The summed E-state index contributed by atoms with van der Waals surface area (Å²) in [5.41, 5.74) is 1.14. The number of hydrogen-bond acceptors (Lipinski definition) is 1. The number of rotatable bonds is 3. The topological polar surface area (TPSA) is 39.8 Å². The van der Waals surface area contributed by atoms with E-state index < -0.39 is 0 Å². The molecule has 0 fully saturated rings. The molecular weight excluding hydrogens is 182 g/mol. The molecule has 1 aromatic rings. The zero-order valence-electron chi connectivity index (χ0n) is 7.92. The van der Waals surface area contributed by atoms with E-state index in [1.807, 2.05) is 25.3 Å². The number of H-pyrrole nitrogens is 1. The van der Waals surface area contributed by atoms with Gasteiger partial charge >= 0.3 is 0 Å². The Hall–Kier alpha value is -1.03. The van der Waals surface area contributed by atoms with Crippen LogP contribution in [0.15, 0.2) is 18.3 Å². The molecule has 0 radical (unpaired) electrons. The first kappa shape index (κ1) is 10.1. The molecule has 13 heavy (non-hydrogen) atoms. The number of aromatic nitrogens is 1. The van der Waals surface area contributed by atoms with Crippen molar-refractivity contribution >= 4 is 17.3 Å². The average molecular weight is 197 g/mol. The first-order valence-electron chi connectivity index (χ1n) is 4.41. The third kappa shape index (κ3) is 3.06. The molecule has 0 spiro atoms. The normalized spacial score (nSPS) is 12.2. The van der Waals surface area contributed by atoms with Crippen molar-refractivity contribution in [3.05, 3.63) is 24.0 Å². The van der Waals surface area contributed by atoms with E-state index in [1.54, 1.807) is 0 Å². The number of nitrogens with one attached hydrogen (secondary N) is 3. The monoisotopic (exact) mass is 197 g/mol. The fourth-order valence-electron chi connectivity index (χ4n) is 1.10. The lowest BCUT2D eigenvalue weighted by Crippen LogP contribution is -2.36. The van der Waals surface area contributed by atoms with Gasteiger partial charge in [-0.1, -0.05) is 0 Å². The molecule has 0 saturated heterocycles. The van der Waals surface area contributed by atoms with Gasteiger partial charge in [0.05, 0.1) is 6.04 Å². The van der Waals surface area contributed by atoms with Crippen molar-refractivity contribution in [2.24, 2.45) is 0 Å². The molecule has 3 N–H and O–H groups in total. The van der Waals surface area contributed by atoms with Gasteiger partial charge in [0.15, 0.2) is 5.11 Å². The lowest BCUT2D eigenvalue weighted by Gasteiger charge is -2.14. The van der Waals surface area contributed by atoms with Crippen LogP contribution in [0, 0.1) is 0 Å². The van der Waals surface area contributed by atoms with Crippen LogP contribution in [0.5, 0.6) is 0 Å². The largest absolute Gasteiger partial charge is 0.363 e. The first-order valence-corrected chi connectivity index (χ1v) is 4.82. The second kappa shape index (κ2) is 4.87. The van der Waals surface area contributed by atoms with Gasteiger partial charge < -0.3 is 15.6 Å². The molecule has 1 aromatic heterocycles. The van der Waals surface area contributed by atoms with E-state index in [2.05, 4.69) is 22.5 Å². The van der Waals surface area contributed by atoms with Crippen molar-refractivity contribution in [1.82, 2.24) is 15.6 Å². The maximum Gasteiger partial charge on any atom is 0.166 e. The predicted octanol–water partition coefficient (Wildman–Crippen LogP) is 1.56.